The van der Waals surface area contributed by atoms with Crippen molar-refractivity contribution in [1.82, 2.24) is 9.97 Å². The van der Waals surface area contributed by atoms with Gasteiger partial charge in [-0.15, -0.1) is 0 Å². The van der Waals surface area contributed by atoms with Gasteiger partial charge in [-0.2, -0.15) is 0 Å². The van der Waals surface area contributed by atoms with Gasteiger partial charge >= 0.3 is 0 Å². The van der Waals surface area contributed by atoms with E-state index in [1.165, 1.54) is 6.42 Å². The summed E-state index contributed by atoms with van der Waals surface area (Å²) in [5.41, 5.74) is 3.99. The fourth-order valence-corrected chi connectivity index (χ4v) is 2.58. The number of nitrogens with one attached hydrogen (secondary N) is 1. The van der Waals surface area contributed by atoms with Crippen LogP contribution < -0.4 is 16.2 Å². The SMILES string of the molecule is Cc1c(NN)nc(C(C)(C)C)nc1N1CCC(C)(C)C1. The minimum absolute atomic E-state index is 0.0940. The molecule has 1 aromatic rings. The predicted molar refractivity (Wildman–Crippen MR) is 83.9 cm³/mol. The molecule has 0 aromatic carbocycles. The molecule has 0 bridgehead atoms. The lowest BCUT2D eigenvalue weighted by molar-refractivity contribution is 0.418. The highest BCUT2D eigenvalue weighted by Gasteiger charge is 2.32. The monoisotopic (exact) mass is 277 g/mol. The average Bonchev–Trinajstić information content (AvgIpc) is 2.68. The van der Waals surface area contributed by atoms with Gasteiger partial charge in [0.15, 0.2) is 0 Å². The number of hydrazine groups is 1. The molecule has 20 heavy (non-hydrogen) atoms. The van der Waals surface area contributed by atoms with Crippen LogP contribution in [0.15, 0.2) is 0 Å². The number of hydrogen-bond acceptors (Lipinski definition) is 5. The zero-order chi connectivity index (χ0) is 15.1. The number of nitrogens with zero attached hydrogens (tertiary/aromatic N) is 3. The number of aromatic nitrogens is 2. The Labute approximate surface area is 121 Å². The molecule has 1 aliphatic heterocycles. The van der Waals surface area contributed by atoms with E-state index >= 15 is 0 Å². The number of anilines is 2. The van der Waals surface area contributed by atoms with Crippen LogP contribution in [-0.2, 0) is 5.41 Å². The summed E-state index contributed by atoms with van der Waals surface area (Å²) in [5, 5.41) is 0. The summed E-state index contributed by atoms with van der Waals surface area (Å²) in [7, 11) is 0. The van der Waals surface area contributed by atoms with E-state index in [4.69, 9.17) is 10.8 Å². The maximum atomic E-state index is 5.62. The van der Waals surface area contributed by atoms with Crippen molar-refractivity contribution in [3.63, 3.8) is 0 Å². The second-order valence-electron chi connectivity index (χ2n) is 7.57. The minimum Gasteiger partial charge on any atom is -0.356 e. The van der Waals surface area contributed by atoms with E-state index in [-0.39, 0.29) is 5.41 Å². The second kappa shape index (κ2) is 4.88. The molecule has 5 heteroatoms. The van der Waals surface area contributed by atoms with Crippen molar-refractivity contribution in [3.05, 3.63) is 11.4 Å². The fourth-order valence-electron chi connectivity index (χ4n) is 2.58. The summed E-state index contributed by atoms with van der Waals surface area (Å²) in [6.07, 6.45) is 1.19. The van der Waals surface area contributed by atoms with Gasteiger partial charge in [-0.25, -0.2) is 15.8 Å². The average molecular weight is 277 g/mol. The lowest BCUT2D eigenvalue weighted by Crippen LogP contribution is -2.28. The van der Waals surface area contributed by atoms with Gasteiger partial charge in [-0.05, 0) is 18.8 Å². The normalized spacial score (nSPS) is 18.4. The standard InChI is InChI=1S/C15H27N5/c1-10-11(19-16)17-13(14(2,3)4)18-12(10)20-8-7-15(5,6)9-20/h7-9,16H2,1-6H3,(H,17,18,19). The van der Waals surface area contributed by atoms with Crippen molar-refractivity contribution < 1.29 is 0 Å². The summed E-state index contributed by atoms with van der Waals surface area (Å²) in [4.78, 5) is 11.7. The minimum atomic E-state index is -0.0940. The smallest absolute Gasteiger partial charge is 0.148 e. The van der Waals surface area contributed by atoms with Gasteiger partial charge < -0.3 is 10.3 Å². The molecule has 2 rings (SSSR count). The molecule has 1 fully saturated rings. The predicted octanol–water partition coefficient (Wildman–Crippen LogP) is 2.60. The molecule has 0 radical (unpaired) electrons. The molecule has 3 N–H and O–H groups in total. The molecule has 0 amide bonds. The summed E-state index contributed by atoms with van der Waals surface area (Å²) < 4.78 is 0. The lowest BCUT2D eigenvalue weighted by Gasteiger charge is -2.26. The van der Waals surface area contributed by atoms with Gasteiger partial charge in [-0.1, -0.05) is 34.6 Å². The Balaban J connectivity index is 2.47. The molecule has 112 valence electrons. The summed E-state index contributed by atoms with van der Waals surface area (Å²) in [6, 6.07) is 0. The van der Waals surface area contributed by atoms with Crippen molar-refractivity contribution in [3.8, 4) is 0 Å². The van der Waals surface area contributed by atoms with Gasteiger partial charge in [0.05, 0.1) is 0 Å². The van der Waals surface area contributed by atoms with E-state index in [1.54, 1.807) is 0 Å². The fraction of sp³-hybridized carbons (Fsp3) is 0.733. The number of nitrogens with two attached hydrogens (primary N) is 1. The van der Waals surface area contributed by atoms with Crippen molar-refractivity contribution in [1.29, 1.82) is 0 Å². The Hall–Kier alpha value is -1.36. The van der Waals surface area contributed by atoms with Crippen LogP contribution in [0.3, 0.4) is 0 Å². The molecule has 1 saturated heterocycles. The Morgan fingerprint density at radius 2 is 1.90 bits per heavy atom. The van der Waals surface area contributed by atoms with E-state index < -0.39 is 0 Å². The van der Waals surface area contributed by atoms with Gasteiger partial charge in [0, 0.05) is 24.1 Å². The van der Waals surface area contributed by atoms with E-state index in [0.717, 1.165) is 36.1 Å². The first-order valence-corrected chi connectivity index (χ1v) is 7.25. The maximum Gasteiger partial charge on any atom is 0.148 e. The molecule has 0 unspecified atom stereocenters. The first kappa shape index (κ1) is 15.0. The molecular weight excluding hydrogens is 250 g/mol. The summed E-state index contributed by atoms with van der Waals surface area (Å²) in [5.74, 6) is 8.20. The number of rotatable bonds is 2. The van der Waals surface area contributed by atoms with Crippen molar-refractivity contribution in [2.75, 3.05) is 23.4 Å². The van der Waals surface area contributed by atoms with Gasteiger partial charge in [0.2, 0.25) is 0 Å². The van der Waals surface area contributed by atoms with E-state index in [0.29, 0.717) is 5.41 Å². The molecule has 0 atom stereocenters. The van der Waals surface area contributed by atoms with Crippen LogP contribution in [0.25, 0.3) is 0 Å². The molecule has 2 heterocycles. The topological polar surface area (TPSA) is 67.1 Å². The molecule has 0 aliphatic carbocycles. The molecule has 1 aromatic heterocycles. The quantitative estimate of drug-likeness (QED) is 0.642. The van der Waals surface area contributed by atoms with Crippen LogP contribution in [0, 0.1) is 12.3 Å². The third-order valence-corrected chi connectivity index (χ3v) is 3.90. The zero-order valence-electron chi connectivity index (χ0n) is 13.5. The molecule has 0 saturated carbocycles. The maximum absolute atomic E-state index is 5.62. The van der Waals surface area contributed by atoms with E-state index in [9.17, 15) is 0 Å². The van der Waals surface area contributed by atoms with Crippen LogP contribution in [0.2, 0.25) is 0 Å². The first-order chi connectivity index (χ1) is 9.14. The van der Waals surface area contributed by atoms with Crippen molar-refractivity contribution in [2.24, 2.45) is 11.3 Å². The molecule has 1 aliphatic rings. The van der Waals surface area contributed by atoms with Crippen LogP contribution in [-0.4, -0.2) is 23.1 Å². The lowest BCUT2D eigenvalue weighted by atomic mass is 9.93. The Morgan fingerprint density at radius 3 is 2.35 bits per heavy atom. The first-order valence-electron chi connectivity index (χ1n) is 7.25. The highest BCUT2D eigenvalue weighted by molar-refractivity contribution is 5.59. The van der Waals surface area contributed by atoms with E-state index in [2.05, 4.69) is 49.9 Å². The highest BCUT2D eigenvalue weighted by atomic mass is 15.3. The number of nitrogen functional groups attached to an aromatic ring is 1. The third kappa shape index (κ3) is 2.87. The summed E-state index contributed by atoms with van der Waals surface area (Å²) in [6.45, 7) is 15.1. The zero-order valence-corrected chi connectivity index (χ0v) is 13.5. The van der Waals surface area contributed by atoms with Crippen LogP contribution in [0.4, 0.5) is 11.6 Å². The molecule has 5 nitrogen and oxygen atoms in total. The highest BCUT2D eigenvalue weighted by Crippen LogP contribution is 2.35. The van der Waals surface area contributed by atoms with Crippen LogP contribution >= 0.6 is 0 Å². The Bertz CT molecular complexity index is 502. The van der Waals surface area contributed by atoms with Crippen molar-refractivity contribution in [2.45, 2.75) is 53.4 Å². The van der Waals surface area contributed by atoms with Gasteiger partial charge in [-0.3, -0.25) is 0 Å². The summed E-state index contributed by atoms with van der Waals surface area (Å²) >= 11 is 0. The van der Waals surface area contributed by atoms with Crippen molar-refractivity contribution >= 4 is 11.6 Å². The van der Waals surface area contributed by atoms with Crippen LogP contribution in [0.5, 0.6) is 0 Å². The van der Waals surface area contributed by atoms with Gasteiger partial charge in [0.25, 0.3) is 0 Å². The van der Waals surface area contributed by atoms with Gasteiger partial charge in [0.1, 0.15) is 17.5 Å². The Kier molecular flexibility index (Phi) is 3.67. The second-order valence-corrected chi connectivity index (χ2v) is 7.57. The Morgan fingerprint density at radius 1 is 1.25 bits per heavy atom. The molecule has 0 spiro atoms. The van der Waals surface area contributed by atoms with Crippen LogP contribution in [0.1, 0.15) is 52.4 Å². The van der Waals surface area contributed by atoms with E-state index in [1.807, 2.05) is 6.92 Å². The molecular formula is C15H27N5. The largest absolute Gasteiger partial charge is 0.356 e. The third-order valence-electron chi connectivity index (χ3n) is 3.90. The number of hydrogen-bond donors (Lipinski definition) is 2.